The van der Waals surface area contributed by atoms with Crippen LogP contribution in [-0.4, -0.2) is 19.3 Å². The van der Waals surface area contributed by atoms with Crippen molar-refractivity contribution in [3.05, 3.63) is 0 Å². The summed E-state index contributed by atoms with van der Waals surface area (Å²) in [4.78, 5) is 0. The molecule has 1 aliphatic carbocycles. The molecule has 2 N–H and O–H groups in total. The van der Waals surface area contributed by atoms with Crippen LogP contribution < -0.4 is 5.73 Å². The number of ether oxygens (including phenoxy) is 1. The van der Waals surface area contributed by atoms with Crippen molar-refractivity contribution in [2.24, 2.45) is 11.7 Å². The van der Waals surface area contributed by atoms with Crippen molar-refractivity contribution >= 4 is 0 Å². The van der Waals surface area contributed by atoms with Crippen LogP contribution >= 0.6 is 0 Å². The summed E-state index contributed by atoms with van der Waals surface area (Å²) >= 11 is 0. The quantitative estimate of drug-likeness (QED) is 0.576. The lowest BCUT2D eigenvalue weighted by Crippen LogP contribution is -2.06. The maximum Gasteiger partial charge on any atom is 0.0509 e. The van der Waals surface area contributed by atoms with E-state index in [1.807, 2.05) is 6.92 Å². The topological polar surface area (TPSA) is 35.2 Å². The Hall–Kier alpha value is -0.0800. The molecule has 2 atom stereocenters. The Kier molecular flexibility index (Phi) is 1.86. The molecule has 0 aromatic rings. The maximum atomic E-state index is 5.53. The third-order valence-electron chi connectivity index (χ3n) is 1.51. The van der Waals surface area contributed by atoms with Crippen molar-refractivity contribution in [1.82, 2.24) is 0 Å². The first-order valence-corrected chi connectivity index (χ1v) is 3.18. The summed E-state index contributed by atoms with van der Waals surface area (Å²) in [6.07, 6.45) is 1.17. The van der Waals surface area contributed by atoms with E-state index in [0.717, 1.165) is 13.2 Å². The summed E-state index contributed by atoms with van der Waals surface area (Å²) in [6, 6.07) is 0.446. The van der Waals surface area contributed by atoms with E-state index in [2.05, 4.69) is 0 Å². The number of hydrogen-bond acceptors (Lipinski definition) is 2. The van der Waals surface area contributed by atoms with Gasteiger partial charge in [0.2, 0.25) is 0 Å². The molecule has 1 rings (SSSR count). The van der Waals surface area contributed by atoms with E-state index in [4.69, 9.17) is 10.5 Å². The average molecular weight is 115 g/mol. The molecule has 0 radical (unpaired) electrons. The first-order chi connectivity index (χ1) is 3.84. The minimum absolute atomic E-state index is 0.446. The first-order valence-electron chi connectivity index (χ1n) is 3.18. The van der Waals surface area contributed by atoms with Gasteiger partial charge in [-0.2, -0.15) is 0 Å². The van der Waals surface area contributed by atoms with Gasteiger partial charge in [0.25, 0.3) is 0 Å². The predicted octanol–water partition coefficient (Wildman–Crippen LogP) is 0.370. The fourth-order valence-electron chi connectivity index (χ4n) is 0.732. The van der Waals surface area contributed by atoms with Crippen LogP contribution in [0.5, 0.6) is 0 Å². The standard InChI is InChI=1S/C6H13NO/c1-2-8-4-5-3-6(5)7/h5-6H,2-4,7H2,1H3/t5-,6?/m1/s1. The van der Waals surface area contributed by atoms with Crippen LogP contribution in [-0.2, 0) is 4.74 Å². The van der Waals surface area contributed by atoms with Crippen LogP contribution in [0.25, 0.3) is 0 Å². The minimum Gasteiger partial charge on any atom is -0.381 e. The molecule has 0 bridgehead atoms. The van der Waals surface area contributed by atoms with E-state index >= 15 is 0 Å². The molecule has 0 aromatic heterocycles. The molecule has 1 unspecified atom stereocenters. The highest BCUT2D eigenvalue weighted by molar-refractivity contribution is 4.89. The van der Waals surface area contributed by atoms with E-state index in [1.54, 1.807) is 0 Å². The van der Waals surface area contributed by atoms with Gasteiger partial charge in [-0.05, 0) is 19.3 Å². The molecule has 1 aliphatic rings. The van der Waals surface area contributed by atoms with E-state index in [0.29, 0.717) is 12.0 Å². The Bertz CT molecular complexity index is 74.9. The van der Waals surface area contributed by atoms with Crippen molar-refractivity contribution in [2.45, 2.75) is 19.4 Å². The first kappa shape index (κ1) is 6.05. The lowest BCUT2D eigenvalue weighted by molar-refractivity contribution is 0.136. The second kappa shape index (κ2) is 2.46. The number of nitrogens with two attached hydrogens (primary N) is 1. The smallest absolute Gasteiger partial charge is 0.0509 e. The summed E-state index contributed by atoms with van der Waals surface area (Å²) in [7, 11) is 0. The van der Waals surface area contributed by atoms with Gasteiger partial charge in [-0.15, -0.1) is 0 Å². The van der Waals surface area contributed by atoms with Crippen molar-refractivity contribution in [3.63, 3.8) is 0 Å². The summed E-state index contributed by atoms with van der Waals surface area (Å²) in [5.41, 5.74) is 5.53. The van der Waals surface area contributed by atoms with Gasteiger partial charge in [0.15, 0.2) is 0 Å². The molecule has 0 saturated heterocycles. The zero-order valence-corrected chi connectivity index (χ0v) is 5.26. The van der Waals surface area contributed by atoms with Crippen LogP contribution in [0.1, 0.15) is 13.3 Å². The average Bonchev–Trinajstić information content (AvgIpc) is 2.42. The Morgan fingerprint density at radius 2 is 2.38 bits per heavy atom. The van der Waals surface area contributed by atoms with Gasteiger partial charge in [-0.25, -0.2) is 0 Å². The van der Waals surface area contributed by atoms with Crippen molar-refractivity contribution < 1.29 is 4.74 Å². The van der Waals surface area contributed by atoms with Crippen LogP contribution in [0.2, 0.25) is 0 Å². The molecule has 0 heterocycles. The van der Waals surface area contributed by atoms with Gasteiger partial charge in [0.05, 0.1) is 6.61 Å². The van der Waals surface area contributed by atoms with Crippen molar-refractivity contribution in [3.8, 4) is 0 Å². The van der Waals surface area contributed by atoms with Crippen LogP contribution in [0, 0.1) is 5.92 Å². The van der Waals surface area contributed by atoms with Gasteiger partial charge < -0.3 is 10.5 Å². The van der Waals surface area contributed by atoms with Crippen LogP contribution in [0.3, 0.4) is 0 Å². The molecule has 2 heteroatoms. The molecule has 48 valence electrons. The highest BCUT2D eigenvalue weighted by Gasteiger charge is 2.32. The lowest BCUT2D eigenvalue weighted by Gasteiger charge is -1.95. The molecular formula is C6H13NO. The molecule has 0 amide bonds. The molecule has 0 aliphatic heterocycles. The van der Waals surface area contributed by atoms with E-state index in [1.165, 1.54) is 6.42 Å². The van der Waals surface area contributed by atoms with E-state index in [9.17, 15) is 0 Å². The second-order valence-electron chi connectivity index (χ2n) is 2.32. The summed E-state index contributed by atoms with van der Waals surface area (Å²) in [6.45, 7) is 3.70. The van der Waals surface area contributed by atoms with Crippen LogP contribution in [0.4, 0.5) is 0 Å². The molecular weight excluding hydrogens is 102 g/mol. The van der Waals surface area contributed by atoms with Gasteiger partial charge in [0.1, 0.15) is 0 Å². The fourth-order valence-corrected chi connectivity index (χ4v) is 0.732. The van der Waals surface area contributed by atoms with E-state index in [-0.39, 0.29) is 0 Å². The largest absolute Gasteiger partial charge is 0.381 e. The zero-order valence-electron chi connectivity index (χ0n) is 5.26. The van der Waals surface area contributed by atoms with Gasteiger partial charge in [0, 0.05) is 12.6 Å². The van der Waals surface area contributed by atoms with Gasteiger partial charge in [-0.3, -0.25) is 0 Å². The number of hydrogen-bond donors (Lipinski definition) is 1. The Balaban J connectivity index is 1.89. The van der Waals surface area contributed by atoms with Crippen molar-refractivity contribution in [2.75, 3.05) is 13.2 Å². The fraction of sp³-hybridized carbons (Fsp3) is 1.00. The molecule has 2 nitrogen and oxygen atoms in total. The maximum absolute atomic E-state index is 5.53. The van der Waals surface area contributed by atoms with Crippen molar-refractivity contribution in [1.29, 1.82) is 0 Å². The third kappa shape index (κ3) is 1.46. The molecule has 1 saturated carbocycles. The SMILES string of the molecule is CCOC[C@H]1CC1N. The lowest BCUT2D eigenvalue weighted by atomic mass is 10.4. The monoisotopic (exact) mass is 115 g/mol. The summed E-state index contributed by atoms with van der Waals surface area (Å²) < 4.78 is 5.15. The Morgan fingerprint density at radius 1 is 1.75 bits per heavy atom. The molecule has 0 spiro atoms. The second-order valence-corrected chi connectivity index (χ2v) is 2.32. The highest BCUT2D eigenvalue weighted by atomic mass is 16.5. The summed E-state index contributed by atoms with van der Waals surface area (Å²) in [5.74, 6) is 0.676. The normalized spacial score (nSPS) is 35.2. The highest BCUT2D eigenvalue weighted by Crippen LogP contribution is 2.27. The van der Waals surface area contributed by atoms with Gasteiger partial charge >= 0.3 is 0 Å². The molecule has 1 fully saturated rings. The Morgan fingerprint density at radius 3 is 2.75 bits per heavy atom. The van der Waals surface area contributed by atoms with Gasteiger partial charge in [-0.1, -0.05) is 0 Å². The number of rotatable bonds is 3. The minimum atomic E-state index is 0.446. The summed E-state index contributed by atoms with van der Waals surface area (Å²) in [5, 5.41) is 0. The molecule has 8 heavy (non-hydrogen) atoms. The Labute approximate surface area is 50.0 Å². The van der Waals surface area contributed by atoms with E-state index < -0.39 is 0 Å². The third-order valence-corrected chi connectivity index (χ3v) is 1.51. The molecule has 0 aromatic carbocycles. The zero-order chi connectivity index (χ0) is 5.98. The van der Waals surface area contributed by atoms with Crippen LogP contribution in [0.15, 0.2) is 0 Å². The predicted molar refractivity (Wildman–Crippen MR) is 32.6 cm³/mol.